The molecule has 0 amide bonds. The first-order valence-electron chi connectivity index (χ1n) is 7.22. The maximum Gasteiger partial charge on any atom is 0.202 e. The molecule has 2 aromatic rings. The van der Waals surface area contributed by atoms with Crippen LogP contribution in [0.4, 0.5) is 0 Å². The number of carbonyl (C=O) groups excluding carboxylic acids is 2. The van der Waals surface area contributed by atoms with Crippen molar-refractivity contribution < 1.29 is 14.7 Å². The van der Waals surface area contributed by atoms with E-state index in [4.69, 9.17) is 0 Å². The summed E-state index contributed by atoms with van der Waals surface area (Å²) in [4.78, 5) is 27.1. The van der Waals surface area contributed by atoms with E-state index in [0.29, 0.717) is 5.56 Å². The normalized spacial score (nSPS) is 11.2. The average molecular weight is 309 g/mol. The molecule has 0 atom stereocenters. The second-order valence-corrected chi connectivity index (χ2v) is 5.55. The molecule has 0 aromatic heterocycles. The number of allylic oxidation sites excluding steroid dienone is 1. The van der Waals surface area contributed by atoms with Crippen LogP contribution in [0.1, 0.15) is 26.3 Å². The SMILES string of the molecule is Cc1ccc(C(=O)/C(=C/N(C)C)C(=O)c2ccccc2)c(O)c1. The number of aromatic hydroxyl groups is 1. The van der Waals surface area contributed by atoms with Crippen LogP contribution in [-0.2, 0) is 0 Å². The van der Waals surface area contributed by atoms with Gasteiger partial charge in [-0.2, -0.15) is 0 Å². The van der Waals surface area contributed by atoms with Crippen molar-refractivity contribution in [1.29, 1.82) is 0 Å². The van der Waals surface area contributed by atoms with Crippen LogP contribution in [0, 0.1) is 6.92 Å². The fourth-order valence-corrected chi connectivity index (χ4v) is 2.20. The third-order valence-corrected chi connectivity index (χ3v) is 3.31. The highest BCUT2D eigenvalue weighted by Gasteiger charge is 2.23. The highest BCUT2D eigenvalue weighted by atomic mass is 16.3. The van der Waals surface area contributed by atoms with E-state index in [1.165, 1.54) is 18.3 Å². The fourth-order valence-electron chi connectivity index (χ4n) is 2.20. The van der Waals surface area contributed by atoms with Gasteiger partial charge in [0, 0.05) is 25.9 Å². The van der Waals surface area contributed by atoms with Gasteiger partial charge in [-0.3, -0.25) is 9.59 Å². The molecule has 2 rings (SSSR count). The van der Waals surface area contributed by atoms with Crippen molar-refractivity contribution in [3.05, 3.63) is 77.0 Å². The number of Topliss-reactive ketones (excluding diaryl/α,β-unsaturated/α-hetero) is 2. The number of aryl methyl sites for hydroxylation is 1. The number of benzene rings is 2. The number of hydrogen-bond acceptors (Lipinski definition) is 4. The quantitative estimate of drug-likeness (QED) is 0.399. The molecule has 118 valence electrons. The van der Waals surface area contributed by atoms with Crippen LogP contribution in [0.25, 0.3) is 0 Å². The van der Waals surface area contributed by atoms with Gasteiger partial charge in [-0.15, -0.1) is 0 Å². The Morgan fingerprint density at radius 1 is 1.00 bits per heavy atom. The van der Waals surface area contributed by atoms with Crippen molar-refractivity contribution in [2.45, 2.75) is 6.92 Å². The monoisotopic (exact) mass is 309 g/mol. The van der Waals surface area contributed by atoms with Crippen molar-refractivity contribution >= 4 is 11.6 Å². The number of phenolic OH excluding ortho intramolecular Hbond substituents is 1. The van der Waals surface area contributed by atoms with Gasteiger partial charge in [-0.05, 0) is 24.6 Å². The third kappa shape index (κ3) is 3.86. The summed E-state index contributed by atoms with van der Waals surface area (Å²) in [5.74, 6) is -0.991. The molecule has 0 unspecified atom stereocenters. The fraction of sp³-hybridized carbons (Fsp3) is 0.158. The summed E-state index contributed by atoms with van der Waals surface area (Å²) in [6, 6.07) is 13.4. The van der Waals surface area contributed by atoms with E-state index in [0.717, 1.165) is 5.56 Å². The van der Waals surface area contributed by atoms with Crippen LogP contribution in [0.5, 0.6) is 5.75 Å². The predicted octanol–water partition coefficient (Wildman–Crippen LogP) is 3.21. The van der Waals surface area contributed by atoms with Crippen LogP contribution >= 0.6 is 0 Å². The number of rotatable bonds is 5. The molecular weight excluding hydrogens is 290 g/mol. The molecule has 0 aliphatic heterocycles. The Labute approximate surface area is 135 Å². The minimum atomic E-state index is -0.495. The van der Waals surface area contributed by atoms with Gasteiger partial charge in [0.25, 0.3) is 0 Å². The molecule has 0 spiro atoms. The lowest BCUT2D eigenvalue weighted by molar-refractivity contribution is 0.0958. The molecule has 0 aliphatic rings. The summed E-state index contributed by atoms with van der Waals surface area (Å²) in [7, 11) is 3.47. The van der Waals surface area contributed by atoms with Crippen molar-refractivity contribution in [3.8, 4) is 5.75 Å². The van der Waals surface area contributed by atoms with Gasteiger partial charge in [-0.25, -0.2) is 0 Å². The van der Waals surface area contributed by atoms with Gasteiger partial charge < -0.3 is 10.0 Å². The molecule has 0 saturated heterocycles. The molecule has 4 heteroatoms. The number of carbonyl (C=O) groups is 2. The minimum absolute atomic E-state index is 0.0142. The van der Waals surface area contributed by atoms with E-state index in [1.807, 2.05) is 6.92 Å². The van der Waals surface area contributed by atoms with Gasteiger partial charge >= 0.3 is 0 Å². The molecular formula is C19H19NO3. The molecule has 0 heterocycles. The van der Waals surface area contributed by atoms with Crippen molar-refractivity contribution in [3.63, 3.8) is 0 Å². The average Bonchev–Trinajstić information content (AvgIpc) is 2.52. The summed E-state index contributed by atoms with van der Waals surface area (Å²) < 4.78 is 0. The first kappa shape index (κ1) is 16.5. The molecule has 0 bridgehead atoms. The summed E-state index contributed by atoms with van der Waals surface area (Å²) in [6.07, 6.45) is 1.48. The molecule has 0 aliphatic carbocycles. The zero-order chi connectivity index (χ0) is 17.0. The van der Waals surface area contributed by atoms with E-state index in [9.17, 15) is 14.7 Å². The number of phenols is 1. The largest absolute Gasteiger partial charge is 0.507 e. The Bertz CT molecular complexity index is 761. The molecule has 0 saturated carbocycles. The van der Waals surface area contributed by atoms with Gasteiger partial charge in [0.15, 0.2) is 5.78 Å². The van der Waals surface area contributed by atoms with E-state index >= 15 is 0 Å². The second-order valence-electron chi connectivity index (χ2n) is 5.55. The zero-order valence-electron chi connectivity index (χ0n) is 13.4. The predicted molar refractivity (Wildman–Crippen MR) is 89.7 cm³/mol. The van der Waals surface area contributed by atoms with Gasteiger partial charge in [-0.1, -0.05) is 36.4 Å². The van der Waals surface area contributed by atoms with Crippen LogP contribution in [0.3, 0.4) is 0 Å². The number of ketones is 2. The van der Waals surface area contributed by atoms with E-state index < -0.39 is 5.78 Å². The highest BCUT2D eigenvalue weighted by molar-refractivity contribution is 6.31. The Hall–Kier alpha value is -2.88. The molecule has 2 aromatic carbocycles. The van der Waals surface area contributed by atoms with Crippen LogP contribution < -0.4 is 0 Å². The van der Waals surface area contributed by atoms with E-state index in [1.54, 1.807) is 55.4 Å². The van der Waals surface area contributed by atoms with Crippen molar-refractivity contribution in [2.75, 3.05) is 14.1 Å². The summed E-state index contributed by atoms with van der Waals surface area (Å²) in [6.45, 7) is 1.82. The van der Waals surface area contributed by atoms with Crippen LogP contribution in [0.2, 0.25) is 0 Å². The van der Waals surface area contributed by atoms with Crippen molar-refractivity contribution in [2.24, 2.45) is 0 Å². The first-order valence-corrected chi connectivity index (χ1v) is 7.22. The zero-order valence-corrected chi connectivity index (χ0v) is 13.4. The molecule has 4 nitrogen and oxygen atoms in total. The van der Waals surface area contributed by atoms with Gasteiger partial charge in [0.2, 0.25) is 5.78 Å². The number of nitrogens with zero attached hydrogens (tertiary/aromatic N) is 1. The maximum absolute atomic E-state index is 12.8. The summed E-state index contributed by atoms with van der Waals surface area (Å²) >= 11 is 0. The van der Waals surface area contributed by atoms with Crippen LogP contribution in [-0.4, -0.2) is 35.7 Å². The lowest BCUT2D eigenvalue weighted by Gasteiger charge is -2.12. The third-order valence-electron chi connectivity index (χ3n) is 3.31. The highest BCUT2D eigenvalue weighted by Crippen LogP contribution is 2.23. The van der Waals surface area contributed by atoms with Gasteiger partial charge in [0.05, 0.1) is 11.1 Å². The Morgan fingerprint density at radius 2 is 1.65 bits per heavy atom. The van der Waals surface area contributed by atoms with Crippen LogP contribution in [0.15, 0.2) is 60.3 Å². The first-order chi connectivity index (χ1) is 10.9. The van der Waals surface area contributed by atoms with E-state index in [2.05, 4.69) is 0 Å². The number of hydrogen-bond donors (Lipinski definition) is 1. The molecule has 23 heavy (non-hydrogen) atoms. The molecule has 0 fully saturated rings. The summed E-state index contributed by atoms with van der Waals surface area (Å²) in [5.41, 5.74) is 1.40. The Balaban J connectivity index is 2.47. The summed E-state index contributed by atoms with van der Waals surface area (Å²) in [5, 5.41) is 10.0. The minimum Gasteiger partial charge on any atom is -0.507 e. The topological polar surface area (TPSA) is 57.6 Å². The van der Waals surface area contributed by atoms with Gasteiger partial charge in [0.1, 0.15) is 5.75 Å². The second kappa shape index (κ2) is 6.92. The Kier molecular flexibility index (Phi) is 4.96. The lowest BCUT2D eigenvalue weighted by Crippen LogP contribution is -2.17. The smallest absolute Gasteiger partial charge is 0.202 e. The maximum atomic E-state index is 12.8. The Morgan fingerprint density at radius 3 is 2.22 bits per heavy atom. The lowest BCUT2D eigenvalue weighted by atomic mass is 9.95. The molecule has 0 radical (unpaired) electrons. The van der Waals surface area contributed by atoms with Crippen molar-refractivity contribution in [1.82, 2.24) is 4.90 Å². The molecule has 1 N–H and O–H groups in total. The van der Waals surface area contributed by atoms with E-state index in [-0.39, 0.29) is 22.7 Å². The standard InChI is InChI=1S/C19H19NO3/c1-13-9-10-15(17(21)11-13)19(23)16(12-20(2)3)18(22)14-7-5-4-6-8-14/h4-12,21H,1-3H3/b16-12+.